The molecule has 29 heavy (non-hydrogen) atoms. The van der Waals surface area contributed by atoms with Crippen molar-refractivity contribution in [2.75, 3.05) is 31.6 Å². The molecule has 0 saturated carbocycles. The van der Waals surface area contributed by atoms with Gasteiger partial charge in [0.15, 0.2) is 0 Å². The van der Waals surface area contributed by atoms with Gasteiger partial charge in [0, 0.05) is 24.3 Å². The van der Waals surface area contributed by atoms with Gasteiger partial charge in [-0.05, 0) is 30.3 Å². The third-order valence-corrected chi connectivity index (χ3v) is 6.81. The number of carbonyl (C=O) groups is 2. The van der Waals surface area contributed by atoms with Crippen molar-refractivity contribution >= 4 is 27.6 Å². The minimum absolute atomic E-state index is 0.0173. The van der Waals surface area contributed by atoms with Crippen LogP contribution in [0.1, 0.15) is 28.4 Å². The lowest BCUT2D eigenvalue weighted by Gasteiger charge is -2.26. The molecule has 1 fully saturated rings. The number of hydrogen-bond acceptors (Lipinski definition) is 6. The number of nitrogens with one attached hydrogen (secondary N) is 1. The number of fused-ring (bicyclic) bond motifs is 1. The quantitative estimate of drug-likeness (QED) is 0.748. The van der Waals surface area contributed by atoms with Crippen LogP contribution in [0.15, 0.2) is 53.4 Å². The molecule has 0 bridgehead atoms. The Morgan fingerprint density at radius 3 is 2.48 bits per heavy atom. The number of carbonyl (C=O) groups excluding carboxylic acids is 2. The number of cyclic esters (lactones) is 1. The Morgan fingerprint density at radius 1 is 1.07 bits per heavy atom. The minimum Gasteiger partial charge on any atom is -0.453 e. The lowest BCUT2D eigenvalue weighted by molar-refractivity contribution is -0.118. The maximum absolute atomic E-state index is 12.6. The highest BCUT2D eigenvalue weighted by molar-refractivity contribution is 7.89. The van der Waals surface area contributed by atoms with E-state index in [4.69, 9.17) is 9.47 Å². The monoisotopic (exact) mass is 416 g/mol. The van der Waals surface area contributed by atoms with Crippen LogP contribution in [0.5, 0.6) is 0 Å². The second kappa shape index (κ2) is 7.94. The van der Waals surface area contributed by atoms with Gasteiger partial charge in [-0.2, -0.15) is 4.31 Å². The van der Waals surface area contributed by atoms with Gasteiger partial charge < -0.3 is 14.8 Å². The van der Waals surface area contributed by atoms with Crippen LogP contribution in [-0.2, 0) is 24.3 Å². The molecule has 0 aromatic heterocycles. The number of hydrogen-bond donors (Lipinski definition) is 1. The van der Waals surface area contributed by atoms with Crippen molar-refractivity contribution in [1.29, 1.82) is 0 Å². The van der Waals surface area contributed by atoms with E-state index in [-0.39, 0.29) is 17.2 Å². The lowest BCUT2D eigenvalue weighted by Crippen LogP contribution is -2.40. The van der Waals surface area contributed by atoms with Crippen LogP contribution in [0, 0.1) is 0 Å². The molecule has 1 amide bonds. The zero-order valence-electron chi connectivity index (χ0n) is 15.5. The normalized spacial score (nSPS) is 19.4. The first kappa shape index (κ1) is 19.6. The fraction of sp³-hybridized carbons (Fsp3) is 0.300. The summed E-state index contributed by atoms with van der Waals surface area (Å²) in [6, 6.07) is 13.0. The standard InChI is InChI=1S/C20H20N2O6S/c23-19(13-18-16-3-1-2-4-17(16)20(24)28-18)21-14-5-7-15(8-6-14)29(25,26)22-9-11-27-12-10-22/h1-8,18H,9-13H2,(H,21,23)/t18-/m0/s1. The van der Waals surface area contributed by atoms with E-state index < -0.39 is 22.1 Å². The van der Waals surface area contributed by atoms with E-state index in [9.17, 15) is 18.0 Å². The molecule has 2 aromatic rings. The largest absolute Gasteiger partial charge is 0.453 e. The van der Waals surface area contributed by atoms with Crippen molar-refractivity contribution in [2.45, 2.75) is 17.4 Å². The van der Waals surface area contributed by atoms with Crippen LogP contribution < -0.4 is 5.32 Å². The van der Waals surface area contributed by atoms with Gasteiger partial charge in [-0.3, -0.25) is 4.79 Å². The smallest absolute Gasteiger partial charge is 0.339 e. The minimum atomic E-state index is -3.58. The Labute approximate surface area is 168 Å². The average molecular weight is 416 g/mol. The Bertz CT molecular complexity index is 1030. The van der Waals surface area contributed by atoms with Crippen molar-refractivity contribution in [3.8, 4) is 0 Å². The molecule has 0 aliphatic carbocycles. The summed E-state index contributed by atoms with van der Waals surface area (Å²) in [5, 5.41) is 2.71. The van der Waals surface area contributed by atoms with E-state index >= 15 is 0 Å². The van der Waals surface area contributed by atoms with Crippen LogP contribution in [0.4, 0.5) is 5.69 Å². The zero-order valence-corrected chi connectivity index (χ0v) is 16.4. The van der Waals surface area contributed by atoms with Gasteiger partial charge in [0.25, 0.3) is 0 Å². The molecule has 0 unspecified atom stereocenters. The van der Waals surface area contributed by atoms with Gasteiger partial charge in [0.1, 0.15) is 6.10 Å². The first-order valence-corrected chi connectivity index (χ1v) is 10.7. The number of ether oxygens (including phenoxy) is 2. The summed E-state index contributed by atoms with van der Waals surface area (Å²) in [6.45, 7) is 1.40. The topological polar surface area (TPSA) is 102 Å². The van der Waals surface area contributed by atoms with E-state index in [1.807, 2.05) is 0 Å². The van der Waals surface area contributed by atoms with Crippen molar-refractivity contribution in [3.05, 3.63) is 59.7 Å². The highest BCUT2D eigenvalue weighted by atomic mass is 32.2. The molecule has 0 radical (unpaired) electrons. The molecule has 0 spiro atoms. The second-order valence-corrected chi connectivity index (χ2v) is 8.71. The van der Waals surface area contributed by atoms with Gasteiger partial charge in [0.05, 0.1) is 30.1 Å². The van der Waals surface area contributed by atoms with Crippen LogP contribution in [-0.4, -0.2) is 50.9 Å². The van der Waals surface area contributed by atoms with Crippen LogP contribution >= 0.6 is 0 Å². The van der Waals surface area contributed by atoms with Gasteiger partial charge >= 0.3 is 5.97 Å². The molecule has 1 N–H and O–H groups in total. The summed E-state index contributed by atoms with van der Waals surface area (Å²) in [7, 11) is -3.58. The van der Waals surface area contributed by atoms with Crippen LogP contribution in [0.25, 0.3) is 0 Å². The van der Waals surface area contributed by atoms with Crippen molar-refractivity contribution in [1.82, 2.24) is 4.31 Å². The summed E-state index contributed by atoms with van der Waals surface area (Å²) in [4.78, 5) is 24.4. The third kappa shape index (κ3) is 4.02. The highest BCUT2D eigenvalue weighted by Gasteiger charge is 2.32. The molecule has 1 saturated heterocycles. The number of amides is 1. The molecule has 8 nitrogen and oxygen atoms in total. The van der Waals surface area contributed by atoms with E-state index in [2.05, 4.69) is 5.32 Å². The molecular weight excluding hydrogens is 396 g/mol. The Balaban J connectivity index is 1.40. The zero-order chi connectivity index (χ0) is 20.4. The molecular formula is C20H20N2O6S. The average Bonchev–Trinajstić information content (AvgIpc) is 3.04. The molecule has 2 aliphatic heterocycles. The van der Waals surface area contributed by atoms with Crippen molar-refractivity contribution < 1.29 is 27.5 Å². The fourth-order valence-electron chi connectivity index (χ4n) is 3.40. The van der Waals surface area contributed by atoms with Crippen LogP contribution in [0.3, 0.4) is 0 Å². The summed E-state index contributed by atoms with van der Waals surface area (Å²) in [6.07, 6.45) is -0.643. The molecule has 2 aromatic carbocycles. The van der Waals surface area contributed by atoms with E-state index in [1.165, 1.54) is 16.4 Å². The number of anilines is 1. The first-order chi connectivity index (χ1) is 13.9. The number of rotatable bonds is 5. The Hall–Kier alpha value is -2.75. The predicted molar refractivity (Wildman–Crippen MR) is 104 cm³/mol. The summed E-state index contributed by atoms with van der Waals surface area (Å²) in [5.41, 5.74) is 1.64. The number of benzene rings is 2. The number of sulfonamides is 1. The summed E-state index contributed by atoms with van der Waals surface area (Å²) in [5.74, 6) is -0.764. The summed E-state index contributed by atoms with van der Waals surface area (Å²) < 4.78 is 37.1. The molecule has 2 aliphatic rings. The Morgan fingerprint density at radius 2 is 1.76 bits per heavy atom. The molecule has 1 atom stereocenters. The van der Waals surface area contributed by atoms with Crippen molar-refractivity contribution in [2.24, 2.45) is 0 Å². The number of nitrogens with zero attached hydrogens (tertiary/aromatic N) is 1. The van der Waals surface area contributed by atoms with E-state index in [0.717, 1.165) is 0 Å². The summed E-state index contributed by atoms with van der Waals surface area (Å²) >= 11 is 0. The Kier molecular flexibility index (Phi) is 5.35. The van der Waals surface area contributed by atoms with E-state index in [0.29, 0.717) is 43.1 Å². The lowest BCUT2D eigenvalue weighted by atomic mass is 10.0. The van der Waals surface area contributed by atoms with Gasteiger partial charge in [-0.15, -0.1) is 0 Å². The van der Waals surface area contributed by atoms with Gasteiger partial charge in [0.2, 0.25) is 15.9 Å². The number of esters is 1. The van der Waals surface area contributed by atoms with E-state index in [1.54, 1.807) is 36.4 Å². The maximum Gasteiger partial charge on any atom is 0.339 e. The number of morpholine rings is 1. The predicted octanol–water partition coefficient (Wildman–Crippen LogP) is 1.95. The fourth-order valence-corrected chi connectivity index (χ4v) is 4.81. The highest BCUT2D eigenvalue weighted by Crippen LogP contribution is 2.33. The van der Waals surface area contributed by atoms with Gasteiger partial charge in [-0.25, -0.2) is 13.2 Å². The molecule has 9 heteroatoms. The van der Waals surface area contributed by atoms with Crippen LogP contribution in [0.2, 0.25) is 0 Å². The third-order valence-electron chi connectivity index (χ3n) is 4.89. The first-order valence-electron chi connectivity index (χ1n) is 9.23. The second-order valence-electron chi connectivity index (χ2n) is 6.77. The van der Waals surface area contributed by atoms with Gasteiger partial charge in [-0.1, -0.05) is 18.2 Å². The SMILES string of the molecule is O=C(C[C@@H]1OC(=O)c2ccccc21)Nc1ccc(S(=O)(=O)N2CCOCC2)cc1. The molecule has 4 rings (SSSR count). The maximum atomic E-state index is 12.6. The molecule has 152 valence electrons. The molecule has 2 heterocycles. The van der Waals surface area contributed by atoms with Crippen molar-refractivity contribution in [3.63, 3.8) is 0 Å².